The summed E-state index contributed by atoms with van der Waals surface area (Å²) in [5, 5.41) is 12.1. The maximum Gasteiger partial charge on any atom is 0.267 e. The Kier molecular flexibility index (Phi) is 3.09. The van der Waals surface area contributed by atoms with E-state index in [9.17, 15) is 4.79 Å². The molecule has 0 bridgehead atoms. The molecule has 6 nitrogen and oxygen atoms in total. The van der Waals surface area contributed by atoms with Gasteiger partial charge in [-0.3, -0.25) is 14.2 Å². The molecule has 4 rings (SSSR count). The number of rotatable bonds is 2. The van der Waals surface area contributed by atoms with Crippen LogP contribution >= 0.6 is 11.3 Å². The monoisotopic (exact) mass is 323 g/mol. The zero-order valence-corrected chi connectivity index (χ0v) is 13.4. The number of nitrogens with one attached hydrogen (secondary N) is 1. The lowest BCUT2D eigenvalue weighted by molar-refractivity contribution is 0.103. The molecule has 0 aliphatic heterocycles. The normalized spacial score (nSPS) is 11.2. The number of aryl methyl sites for hydroxylation is 2. The molecule has 1 N–H and O–H groups in total. The second-order valence-corrected chi connectivity index (χ2v) is 6.19. The molecule has 7 heteroatoms. The van der Waals surface area contributed by atoms with Gasteiger partial charge in [-0.1, -0.05) is 29.5 Å². The third-order valence-electron chi connectivity index (χ3n) is 3.74. The van der Waals surface area contributed by atoms with Gasteiger partial charge in [0.1, 0.15) is 10.7 Å². The van der Waals surface area contributed by atoms with E-state index in [0.29, 0.717) is 10.6 Å². The second-order valence-electron chi connectivity index (χ2n) is 5.22. The molecule has 114 valence electrons. The molecule has 0 atom stereocenters. The summed E-state index contributed by atoms with van der Waals surface area (Å²) in [4.78, 5) is 18.4. The summed E-state index contributed by atoms with van der Waals surface area (Å²) in [6, 6.07) is 9.58. The minimum atomic E-state index is -0.157. The van der Waals surface area contributed by atoms with E-state index in [1.54, 1.807) is 6.20 Å². The van der Waals surface area contributed by atoms with E-state index in [1.807, 2.05) is 48.6 Å². The van der Waals surface area contributed by atoms with Gasteiger partial charge in [0.2, 0.25) is 4.96 Å². The van der Waals surface area contributed by atoms with Crippen LogP contribution in [0.2, 0.25) is 0 Å². The predicted molar refractivity (Wildman–Crippen MR) is 90.0 cm³/mol. The third kappa shape index (κ3) is 2.17. The van der Waals surface area contributed by atoms with E-state index < -0.39 is 0 Å². The van der Waals surface area contributed by atoms with Gasteiger partial charge in [0, 0.05) is 17.3 Å². The van der Waals surface area contributed by atoms with Gasteiger partial charge in [-0.05, 0) is 26.0 Å². The van der Waals surface area contributed by atoms with Crippen molar-refractivity contribution in [1.82, 2.24) is 19.6 Å². The number of anilines is 1. The number of amides is 1. The standard InChI is InChI=1S/C16H13N5OS/c1-9-14(23-16-20-19-10(2)21(9)16)15(22)18-12-7-3-5-11-6-4-8-17-13(11)12/h3-8H,1-2H3,(H,18,22). The van der Waals surface area contributed by atoms with Crippen LogP contribution in [0.25, 0.3) is 15.9 Å². The smallest absolute Gasteiger partial charge is 0.267 e. The molecule has 3 heterocycles. The van der Waals surface area contributed by atoms with Crippen LogP contribution in [0.5, 0.6) is 0 Å². The molecule has 0 spiro atoms. The maximum atomic E-state index is 12.7. The van der Waals surface area contributed by atoms with Crippen molar-refractivity contribution in [2.75, 3.05) is 5.32 Å². The molecule has 0 fully saturated rings. The highest BCUT2D eigenvalue weighted by molar-refractivity contribution is 7.19. The van der Waals surface area contributed by atoms with Crippen LogP contribution in [0.3, 0.4) is 0 Å². The molecule has 0 aliphatic carbocycles. The van der Waals surface area contributed by atoms with Gasteiger partial charge in [0.25, 0.3) is 5.91 Å². The Morgan fingerprint density at radius 2 is 2.00 bits per heavy atom. The van der Waals surface area contributed by atoms with Crippen molar-refractivity contribution >= 4 is 38.8 Å². The number of para-hydroxylation sites is 1. The minimum absolute atomic E-state index is 0.157. The lowest BCUT2D eigenvalue weighted by Gasteiger charge is -2.07. The molecule has 0 aliphatic rings. The van der Waals surface area contributed by atoms with E-state index in [4.69, 9.17) is 0 Å². The molecular weight excluding hydrogens is 310 g/mol. The molecule has 4 aromatic rings. The topological polar surface area (TPSA) is 72.2 Å². The predicted octanol–water partition coefficient (Wildman–Crippen LogP) is 3.21. The van der Waals surface area contributed by atoms with Gasteiger partial charge < -0.3 is 5.32 Å². The van der Waals surface area contributed by atoms with Crippen LogP contribution in [0.1, 0.15) is 21.2 Å². The van der Waals surface area contributed by atoms with Gasteiger partial charge >= 0.3 is 0 Å². The molecule has 1 amide bonds. The molecule has 1 aromatic carbocycles. The SMILES string of the molecule is Cc1nnc2sc(C(=O)Nc3cccc4cccnc34)c(C)n12. The van der Waals surface area contributed by atoms with E-state index in [2.05, 4.69) is 20.5 Å². The van der Waals surface area contributed by atoms with Crippen molar-refractivity contribution in [3.63, 3.8) is 0 Å². The van der Waals surface area contributed by atoms with Crippen LogP contribution in [-0.2, 0) is 0 Å². The molecule has 23 heavy (non-hydrogen) atoms. The lowest BCUT2D eigenvalue weighted by Crippen LogP contribution is -2.12. The first-order valence-electron chi connectivity index (χ1n) is 7.11. The Hall–Kier alpha value is -2.80. The third-order valence-corrected chi connectivity index (χ3v) is 4.87. The van der Waals surface area contributed by atoms with Crippen molar-refractivity contribution < 1.29 is 4.79 Å². The number of aromatic nitrogens is 4. The summed E-state index contributed by atoms with van der Waals surface area (Å²) in [5.41, 5.74) is 2.33. The summed E-state index contributed by atoms with van der Waals surface area (Å²) in [6.07, 6.45) is 1.72. The number of hydrogen-bond acceptors (Lipinski definition) is 5. The Balaban J connectivity index is 1.75. The van der Waals surface area contributed by atoms with Crippen LogP contribution in [0.15, 0.2) is 36.5 Å². The maximum absolute atomic E-state index is 12.7. The van der Waals surface area contributed by atoms with Crippen LogP contribution < -0.4 is 5.32 Å². The summed E-state index contributed by atoms with van der Waals surface area (Å²) in [5.74, 6) is 0.621. The summed E-state index contributed by atoms with van der Waals surface area (Å²) in [6.45, 7) is 3.77. The summed E-state index contributed by atoms with van der Waals surface area (Å²) in [7, 11) is 0. The molecular formula is C16H13N5OS. The molecule has 0 saturated heterocycles. The number of fused-ring (bicyclic) bond motifs is 2. The number of carbonyl (C=O) groups is 1. The van der Waals surface area contributed by atoms with E-state index in [-0.39, 0.29) is 5.91 Å². The highest BCUT2D eigenvalue weighted by Gasteiger charge is 2.19. The zero-order chi connectivity index (χ0) is 16.0. The van der Waals surface area contributed by atoms with Crippen molar-refractivity contribution in [2.24, 2.45) is 0 Å². The first kappa shape index (κ1) is 13.8. The fourth-order valence-electron chi connectivity index (χ4n) is 2.66. The number of nitrogens with zero attached hydrogens (tertiary/aromatic N) is 4. The fourth-order valence-corrected chi connectivity index (χ4v) is 3.66. The number of pyridine rings is 1. The van der Waals surface area contributed by atoms with Crippen LogP contribution in [-0.4, -0.2) is 25.5 Å². The Morgan fingerprint density at radius 3 is 2.83 bits per heavy atom. The lowest BCUT2D eigenvalue weighted by atomic mass is 10.2. The highest BCUT2D eigenvalue weighted by atomic mass is 32.1. The Morgan fingerprint density at radius 1 is 1.17 bits per heavy atom. The number of benzene rings is 1. The van der Waals surface area contributed by atoms with E-state index >= 15 is 0 Å². The average molecular weight is 323 g/mol. The quantitative estimate of drug-likeness (QED) is 0.615. The molecule has 0 radical (unpaired) electrons. The minimum Gasteiger partial charge on any atom is -0.319 e. The largest absolute Gasteiger partial charge is 0.319 e. The molecule has 3 aromatic heterocycles. The zero-order valence-electron chi connectivity index (χ0n) is 12.6. The van der Waals surface area contributed by atoms with Crippen molar-refractivity contribution in [3.8, 4) is 0 Å². The van der Waals surface area contributed by atoms with Gasteiger partial charge in [-0.25, -0.2) is 0 Å². The first-order valence-corrected chi connectivity index (χ1v) is 7.93. The van der Waals surface area contributed by atoms with E-state index in [1.165, 1.54) is 11.3 Å². The van der Waals surface area contributed by atoms with E-state index in [0.717, 1.165) is 27.4 Å². The number of thiazole rings is 1. The van der Waals surface area contributed by atoms with Crippen molar-refractivity contribution in [3.05, 3.63) is 52.9 Å². The fraction of sp³-hybridized carbons (Fsp3) is 0.125. The Labute approximate surface area is 135 Å². The van der Waals surface area contributed by atoms with Gasteiger partial charge in [-0.15, -0.1) is 10.2 Å². The average Bonchev–Trinajstić information content (AvgIpc) is 3.08. The van der Waals surface area contributed by atoms with Crippen LogP contribution in [0, 0.1) is 13.8 Å². The summed E-state index contributed by atoms with van der Waals surface area (Å²) >= 11 is 1.33. The highest BCUT2D eigenvalue weighted by Crippen LogP contribution is 2.26. The second kappa shape index (κ2) is 5.13. The summed E-state index contributed by atoms with van der Waals surface area (Å²) < 4.78 is 1.89. The first-order chi connectivity index (χ1) is 11.1. The van der Waals surface area contributed by atoms with Gasteiger partial charge in [0.05, 0.1) is 11.2 Å². The van der Waals surface area contributed by atoms with Crippen molar-refractivity contribution in [1.29, 1.82) is 0 Å². The van der Waals surface area contributed by atoms with Gasteiger partial charge in [-0.2, -0.15) is 0 Å². The molecule has 0 unspecified atom stereocenters. The molecule has 0 saturated carbocycles. The van der Waals surface area contributed by atoms with Crippen molar-refractivity contribution in [2.45, 2.75) is 13.8 Å². The van der Waals surface area contributed by atoms with Crippen LogP contribution in [0.4, 0.5) is 5.69 Å². The number of hydrogen-bond donors (Lipinski definition) is 1. The Bertz CT molecular complexity index is 1040. The number of carbonyl (C=O) groups excluding carboxylic acids is 1. The van der Waals surface area contributed by atoms with Gasteiger partial charge in [0.15, 0.2) is 0 Å².